The molecule has 2 nitrogen and oxygen atoms in total. The van der Waals surface area contributed by atoms with E-state index in [-0.39, 0.29) is 17.1 Å². The van der Waals surface area contributed by atoms with E-state index < -0.39 is 10.8 Å². The summed E-state index contributed by atoms with van der Waals surface area (Å²) in [4.78, 5) is 0. The Kier molecular flexibility index (Phi) is 5.76. The number of nitrogens with one attached hydrogen (secondary N) is 1. The molecule has 0 aliphatic carbocycles. The van der Waals surface area contributed by atoms with Gasteiger partial charge in [0.2, 0.25) is 0 Å². The van der Waals surface area contributed by atoms with Crippen LogP contribution in [0.3, 0.4) is 0 Å². The largest absolute Gasteiger partial charge is 0.309 e. The molecule has 5 heteroatoms. The first-order chi connectivity index (χ1) is 7.91. The van der Waals surface area contributed by atoms with Gasteiger partial charge in [-0.2, -0.15) is 0 Å². The topological polar surface area (TPSA) is 29.1 Å². The van der Waals surface area contributed by atoms with Crippen LogP contribution in [0.2, 0.25) is 0 Å². The minimum Gasteiger partial charge on any atom is -0.309 e. The smallest absolute Gasteiger partial charge is 0.128 e. The molecule has 0 aliphatic rings. The highest BCUT2D eigenvalue weighted by atomic mass is 79.9. The summed E-state index contributed by atoms with van der Waals surface area (Å²) in [6.07, 6.45) is 1.68. The van der Waals surface area contributed by atoms with Crippen LogP contribution in [0.15, 0.2) is 22.7 Å². The van der Waals surface area contributed by atoms with E-state index in [2.05, 4.69) is 21.2 Å². The molecule has 0 spiro atoms. The van der Waals surface area contributed by atoms with Gasteiger partial charge in [-0.1, -0.05) is 15.9 Å². The van der Waals surface area contributed by atoms with Crippen molar-refractivity contribution in [3.8, 4) is 0 Å². The number of rotatable bonds is 5. The lowest BCUT2D eigenvalue weighted by atomic mass is 10.1. The monoisotopic (exact) mass is 321 g/mol. The summed E-state index contributed by atoms with van der Waals surface area (Å²) in [5, 5.41) is 3.26. The first-order valence-corrected chi connectivity index (χ1v) is 7.83. The van der Waals surface area contributed by atoms with Gasteiger partial charge in [-0.15, -0.1) is 0 Å². The predicted octanol–water partition coefficient (Wildman–Crippen LogP) is 3.01. The molecule has 3 atom stereocenters. The van der Waals surface area contributed by atoms with Crippen molar-refractivity contribution in [1.29, 1.82) is 0 Å². The van der Waals surface area contributed by atoms with Crippen molar-refractivity contribution in [2.45, 2.75) is 25.1 Å². The van der Waals surface area contributed by atoms with E-state index in [1.165, 1.54) is 6.07 Å². The van der Waals surface area contributed by atoms with Gasteiger partial charge in [0.1, 0.15) is 5.82 Å². The molecule has 0 saturated carbocycles. The zero-order valence-corrected chi connectivity index (χ0v) is 12.6. The van der Waals surface area contributed by atoms with Crippen molar-refractivity contribution in [3.63, 3.8) is 0 Å². The minimum atomic E-state index is -0.858. The molecule has 1 aromatic rings. The summed E-state index contributed by atoms with van der Waals surface area (Å²) in [5.74, 6) is -0.224. The Morgan fingerprint density at radius 3 is 2.71 bits per heavy atom. The summed E-state index contributed by atoms with van der Waals surface area (Å²) in [7, 11) is -0.858. The van der Waals surface area contributed by atoms with Gasteiger partial charge in [0.25, 0.3) is 0 Å². The normalized spacial score (nSPS) is 16.5. The fraction of sp³-hybridized carbons (Fsp3) is 0.500. The molecule has 0 bridgehead atoms. The number of halogens is 2. The molecular formula is C12H17BrFNOS. The van der Waals surface area contributed by atoms with Crippen LogP contribution in [0.5, 0.6) is 0 Å². The second-order valence-corrected chi connectivity index (χ2v) is 6.82. The van der Waals surface area contributed by atoms with Crippen LogP contribution < -0.4 is 5.32 Å². The van der Waals surface area contributed by atoms with E-state index in [1.807, 2.05) is 13.8 Å². The third-order valence-corrected chi connectivity index (χ3v) is 4.50. The fourth-order valence-electron chi connectivity index (χ4n) is 1.42. The summed E-state index contributed by atoms with van der Waals surface area (Å²) in [6.45, 7) is 4.42. The van der Waals surface area contributed by atoms with Crippen LogP contribution in [-0.2, 0) is 10.8 Å². The molecule has 1 aromatic carbocycles. The molecular weight excluding hydrogens is 305 g/mol. The third kappa shape index (κ3) is 4.48. The highest BCUT2D eigenvalue weighted by molar-refractivity contribution is 9.10. The number of benzene rings is 1. The summed E-state index contributed by atoms with van der Waals surface area (Å²) < 4.78 is 25.6. The van der Waals surface area contributed by atoms with Crippen molar-refractivity contribution >= 4 is 26.7 Å². The zero-order chi connectivity index (χ0) is 13.0. The van der Waals surface area contributed by atoms with Gasteiger partial charge in [-0.25, -0.2) is 4.39 Å². The maximum absolute atomic E-state index is 13.6. The van der Waals surface area contributed by atoms with E-state index in [1.54, 1.807) is 18.4 Å². The van der Waals surface area contributed by atoms with Gasteiger partial charge in [-0.3, -0.25) is 4.21 Å². The van der Waals surface area contributed by atoms with E-state index in [4.69, 9.17) is 0 Å². The predicted molar refractivity (Wildman–Crippen MR) is 74.0 cm³/mol. The van der Waals surface area contributed by atoms with Gasteiger partial charge >= 0.3 is 0 Å². The van der Waals surface area contributed by atoms with E-state index in [0.717, 1.165) is 4.47 Å². The van der Waals surface area contributed by atoms with Crippen LogP contribution in [0.4, 0.5) is 4.39 Å². The van der Waals surface area contributed by atoms with Crippen LogP contribution in [-0.4, -0.2) is 22.3 Å². The van der Waals surface area contributed by atoms with Crippen molar-refractivity contribution in [2.75, 3.05) is 12.8 Å². The first-order valence-electron chi connectivity index (χ1n) is 5.42. The second-order valence-electron chi connectivity index (χ2n) is 4.10. The Labute approximate surface area is 113 Å². The molecule has 1 rings (SSSR count). The Morgan fingerprint density at radius 2 is 2.12 bits per heavy atom. The zero-order valence-electron chi connectivity index (χ0n) is 10.2. The molecule has 0 heterocycles. The molecule has 3 unspecified atom stereocenters. The molecule has 1 N–H and O–H groups in total. The Morgan fingerprint density at radius 1 is 1.47 bits per heavy atom. The van der Waals surface area contributed by atoms with Gasteiger partial charge in [0.15, 0.2) is 0 Å². The van der Waals surface area contributed by atoms with Gasteiger partial charge in [-0.05, 0) is 32.0 Å². The minimum absolute atomic E-state index is 0.0627. The van der Waals surface area contributed by atoms with E-state index in [9.17, 15) is 8.60 Å². The van der Waals surface area contributed by atoms with Crippen LogP contribution in [0.25, 0.3) is 0 Å². The van der Waals surface area contributed by atoms with Gasteiger partial charge < -0.3 is 5.32 Å². The molecule has 0 amide bonds. The molecule has 0 aromatic heterocycles. The summed E-state index contributed by atoms with van der Waals surface area (Å²) in [6, 6.07) is 4.79. The molecule has 0 saturated heterocycles. The first kappa shape index (κ1) is 14.8. The lowest BCUT2D eigenvalue weighted by Crippen LogP contribution is -2.30. The second kappa shape index (κ2) is 6.61. The average Bonchev–Trinajstić information content (AvgIpc) is 2.28. The van der Waals surface area contributed by atoms with Crippen molar-refractivity contribution in [2.24, 2.45) is 0 Å². The maximum atomic E-state index is 13.6. The quantitative estimate of drug-likeness (QED) is 0.903. The van der Waals surface area contributed by atoms with Gasteiger partial charge in [0.05, 0.1) is 0 Å². The average molecular weight is 322 g/mol. The van der Waals surface area contributed by atoms with Crippen molar-refractivity contribution in [3.05, 3.63) is 34.1 Å². The van der Waals surface area contributed by atoms with Crippen LogP contribution in [0.1, 0.15) is 25.5 Å². The summed E-state index contributed by atoms with van der Waals surface area (Å²) >= 11 is 3.32. The summed E-state index contributed by atoms with van der Waals surface area (Å²) in [5.41, 5.74) is 0.619. The van der Waals surface area contributed by atoms with E-state index in [0.29, 0.717) is 12.1 Å². The van der Waals surface area contributed by atoms with Gasteiger partial charge in [0, 0.05) is 44.9 Å². The molecule has 17 heavy (non-hydrogen) atoms. The SMILES string of the molecule is CC(NCC(C)S(C)=O)c1cc(Br)ccc1F. The Hall–Kier alpha value is -0.260. The highest BCUT2D eigenvalue weighted by Crippen LogP contribution is 2.21. The lowest BCUT2D eigenvalue weighted by molar-refractivity contribution is 0.527. The number of hydrogen-bond acceptors (Lipinski definition) is 2. The molecule has 0 fully saturated rings. The third-order valence-electron chi connectivity index (χ3n) is 2.70. The van der Waals surface area contributed by atoms with E-state index >= 15 is 0 Å². The Balaban J connectivity index is 2.66. The molecule has 0 radical (unpaired) electrons. The standard InChI is InChI=1S/C12H17BrFNOS/c1-8(17(3)16)7-15-9(2)11-6-10(13)4-5-12(11)14/h4-6,8-9,15H,7H2,1-3H3. The lowest BCUT2D eigenvalue weighted by Gasteiger charge is -2.17. The van der Waals surface area contributed by atoms with Crippen molar-refractivity contribution < 1.29 is 8.60 Å². The van der Waals surface area contributed by atoms with Crippen LogP contribution >= 0.6 is 15.9 Å². The highest BCUT2D eigenvalue weighted by Gasteiger charge is 2.13. The fourth-order valence-corrected chi connectivity index (χ4v) is 2.13. The maximum Gasteiger partial charge on any atom is 0.128 e. The van der Waals surface area contributed by atoms with Crippen molar-refractivity contribution in [1.82, 2.24) is 5.32 Å². The van der Waals surface area contributed by atoms with Crippen LogP contribution in [0, 0.1) is 5.82 Å². The Bertz CT molecular complexity index is 413. The number of hydrogen-bond donors (Lipinski definition) is 1. The molecule has 0 aliphatic heterocycles. The molecule has 96 valence electrons.